The van der Waals surface area contributed by atoms with Crippen LogP contribution in [0.4, 0.5) is 4.79 Å². The summed E-state index contributed by atoms with van der Waals surface area (Å²) in [5.74, 6) is 0. The van der Waals surface area contributed by atoms with E-state index in [0.29, 0.717) is 13.0 Å². The minimum absolute atomic E-state index is 0.0728. The lowest BCUT2D eigenvalue weighted by molar-refractivity contribution is 0.0829. The third-order valence-corrected chi connectivity index (χ3v) is 8.51. The number of halogens is 1. The molecule has 1 atom stereocenters. The number of aryl methyl sites for hydroxylation is 2. The first-order chi connectivity index (χ1) is 18.0. The molecule has 204 valence electrons. The standard InChI is InChI=1S/C20H23NO5S.C7H7ClO2S/c1-16-9-11-19(12-10-16)27(23,24)26-15-18-8-5-13-21(18)20(22)25-14-17-6-3-2-4-7-17;1-6-2-4-7(5-3-6)11(8,9)10/h2-4,6-7,9-12,18H,5,8,13-15H2,1H3;2-5H,1H3/t18-;/m1./s1. The third-order valence-electron chi connectivity index (χ3n) is 5.84. The van der Waals surface area contributed by atoms with E-state index in [4.69, 9.17) is 19.6 Å². The maximum atomic E-state index is 12.4. The molecule has 3 aromatic carbocycles. The van der Waals surface area contributed by atoms with Crippen LogP contribution in [0.3, 0.4) is 0 Å². The van der Waals surface area contributed by atoms with Gasteiger partial charge in [-0.2, -0.15) is 8.42 Å². The van der Waals surface area contributed by atoms with E-state index >= 15 is 0 Å². The van der Waals surface area contributed by atoms with Crippen molar-refractivity contribution in [1.82, 2.24) is 4.90 Å². The molecule has 0 unspecified atom stereocenters. The van der Waals surface area contributed by atoms with Crippen LogP contribution in [0.2, 0.25) is 0 Å². The highest BCUT2D eigenvalue weighted by Gasteiger charge is 2.31. The van der Waals surface area contributed by atoms with Crippen molar-refractivity contribution in [2.75, 3.05) is 13.2 Å². The van der Waals surface area contributed by atoms with Crippen molar-refractivity contribution >= 4 is 35.9 Å². The maximum Gasteiger partial charge on any atom is 0.410 e. The van der Waals surface area contributed by atoms with Gasteiger partial charge in [0.05, 0.1) is 22.4 Å². The Morgan fingerprint density at radius 3 is 1.97 bits per heavy atom. The van der Waals surface area contributed by atoms with Gasteiger partial charge in [0, 0.05) is 17.2 Å². The fourth-order valence-electron chi connectivity index (χ4n) is 3.69. The average molecular weight is 580 g/mol. The number of likely N-dealkylation sites (tertiary alicyclic amines) is 1. The summed E-state index contributed by atoms with van der Waals surface area (Å²) < 4.78 is 56.6. The number of hydrogen-bond acceptors (Lipinski definition) is 7. The molecule has 0 radical (unpaired) electrons. The number of carbonyl (C=O) groups excluding carboxylic acids is 1. The first-order valence-electron chi connectivity index (χ1n) is 11.9. The highest BCUT2D eigenvalue weighted by Crippen LogP contribution is 2.22. The molecule has 4 rings (SSSR count). The summed E-state index contributed by atoms with van der Waals surface area (Å²) in [5, 5.41) is 0. The molecule has 0 N–H and O–H groups in total. The number of amides is 1. The molecule has 0 spiro atoms. The van der Waals surface area contributed by atoms with Crippen LogP contribution in [0.25, 0.3) is 0 Å². The van der Waals surface area contributed by atoms with Crippen molar-refractivity contribution in [1.29, 1.82) is 0 Å². The molecular weight excluding hydrogens is 550 g/mol. The Bertz CT molecular complexity index is 1410. The van der Waals surface area contributed by atoms with Gasteiger partial charge < -0.3 is 9.64 Å². The lowest BCUT2D eigenvalue weighted by atomic mass is 10.2. The largest absolute Gasteiger partial charge is 0.445 e. The second kappa shape index (κ2) is 13.2. The predicted octanol–water partition coefficient (Wildman–Crippen LogP) is 5.42. The number of nitrogens with zero attached hydrogens (tertiary/aromatic N) is 1. The lowest BCUT2D eigenvalue weighted by Gasteiger charge is -2.23. The third kappa shape index (κ3) is 8.83. The van der Waals surface area contributed by atoms with Gasteiger partial charge in [0.1, 0.15) is 6.61 Å². The van der Waals surface area contributed by atoms with Crippen LogP contribution in [0.15, 0.2) is 88.7 Å². The number of rotatable bonds is 7. The zero-order valence-corrected chi connectivity index (χ0v) is 23.5. The number of ether oxygens (including phenoxy) is 1. The van der Waals surface area contributed by atoms with Crippen LogP contribution in [0.5, 0.6) is 0 Å². The van der Waals surface area contributed by atoms with E-state index in [1.54, 1.807) is 29.2 Å². The van der Waals surface area contributed by atoms with Crippen molar-refractivity contribution in [3.63, 3.8) is 0 Å². The van der Waals surface area contributed by atoms with E-state index in [9.17, 15) is 21.6 Å². The molecule has 3 aromatic rings. The van der Waals surface area contributed by atoms with Crippen LogP contribution < -0.4 is 0 Å². The molecule has 1 aliphatic heterocycles. The fraction of sp³-hybridized carbons (Fsp3) is 0.296. The summed E-state index contributed by atoms with van der Waals surface area (Å²) >= 11 is 0. The molecule has 1 aliphatic rings. The van der Waals surface area contributed by atoms with Crippen LogP contribution in [0, 0.1) is 13.8 Å². The molecular formula is C27H30ClNO7S2. The van der Waals surface area contributed by atoms with E-state index in [1.165, 1.54) is 24.3 Å². The summed E-state index contributed by atoms with van der Waals surface area (Å²) in [6.07, 6.45) is 1.03. The number of benzene rings is 3. The molecule has 1 fully saturated rings. The van der Waals surface area contributed by atoms with E-state index < -0.39 is 25.3 Å². The van der Waals surface area contributed by atoms with Crippen LogP contribution in [0.1, 0.15) is 29.5 Å². The summed E-state index contributed by atoms with van der Waals surface area (Å²) in [6.45, 7) is 4.41. The average Bonchev–Trinajstić information content (AvgIpc) is 3.36. The van der Waals surface area contributed by atoms with Crippen molar-refractivity contribution in [3.05, 3.63) is 95.6 Å². The first kappa shape index (κ1) is 29.6. The molecule has 1 amide bonds. The summed E-state index contributed by atoms with van der Waals surface area (Å²) in [7, 11) is -2.31. The molecule has 8 nitrogen and oxygen atoms in total. The van der Waals surface area contributed by atoms with E-state index in [2.05, 4.69) is 0 Å². The lowest BCUT2D eigenvalue weighted by Crippen LogP contribution is -2.39. The molecule has 38 heavy (non-hydrogen) atoms. The van der Waals surface area contributed by atoms with Crippen molar-refractivity contribution in [3.8, 4) is 0 Å². The summed E-state index contributed by atoms with van der Waals surface area (Å²) in [4.78, 5) is 14.2. The van der Waals surface area contributed by atoms with Crippen LogP contribution >= 0.6 is 10.7 Å². The topological polar surface area (TPSA) is 107 Å². The van der Waals surface area contributed by atoms with E-state index in [0.717, 1.165) is 23.1 Å². The summed E-state index contributed by atoms with van der Waals surface area (Å²) in [6, 6.07) is 22.0. The Morgan fingerprint density at radius 2 is 1.42 bits per heavy atom. The van der Waals surface area contributed by atoms with Gasteiger partial charge in [-0.25, -0.2) is 13.2 Å². The van der Waals surface area contributed by atoms with Gasteiger partial charge in [-0.05, 0) is 56.5 Å². The van der Waals surface area contributed by atoms with E-state index in [-0.39, 0.29) is 29.0 Å². The first-order valence-corrected chi connectivity index (χ1v) is 15.6. The Hall–Kier alpha value is -2.92. The van der Waals surface area contributed by atoms with Crippen molar-refractivity contribution < 1.29 is 30.6 Å². The van der Waals surface area contributed by atoms with Crippen molar-refractivity contribution in [2.24, 2.45) is 0 Å². The molecule has 11 heteroatoms. The Labute approximate surface area is 228 Å². The zero-order chi connectivity index (χ0) is 27.8. The van der Waals surface area contributed by atoms with Crippen molar-refractivity contribution in [2.45, 2.75) is 49.1 Å². The van der Waals surface area contributed by atoms with Gasteiger partial charge in [0.15, 0.2) is 0 Å². The smallest absolute Gasteiger partial charge is 0.410 e. The summed E-state index contributed by atoms with van der Waals surface area (Å²) in [5.41, 5.74) is 2.88. The Balaban J connectivity index is 0.000000304. The zero-order valence-electron chi connectivity index (χ0n) is 21.1. The minimum Gasteiger partial charge on any atom is -0.445 e. The number of hydrogen-bond donors (Lipinski definition) is 0. The highest BCUT2D eigenvalue weighted by molar-refractivity contribution is 8.13. The van der Waals surface area contributed by atoms with Gasteiger partial charge >= 0.3 is 6.09 Å². The molecule has 0 aromatic heterocycles. The van der Waals surface area contributed by atoms with Crippen LogP contribution in [-0.2, 0) is 34.7 Å². The van der Waals surface area contributed by atoms with Gasteiger partial charge in [-0.3, -0.25) is 4.18 Å². The Morgan fingerprint density at radius 1 is 0.868 bits per heavy atom. The predicted molar refractivity (Wildman–Crippen MR) is 145 cm³/mol. The van der Waals surface area contributed by atoms with Gasteiger partial charge in [-0.1, -0.05) is 65.7 Å². The second-order valence-electron chi connectivity index (χ2n) is 8.83. The second-order valence-corrected chi connectivity index (χ2v) is 13.0. The Kier molecular flexibility index (Phi) is 10.3. The van der Waals surface area contributed by atoms with Gasteiger partial charge in [0.25, 0.3) is 19.2 Å². The quantitative estimate of drug-likeness (QED) is 0.271. The number of carbonyl (C=O) groups is 1. The molecule has 0 saturated carbocycles. The molecule has 0 aliphatic carbocycles. The highest BCUT2D eigenvalue weighted by atomic mass is 35.7. The monoisotopic (exact) mass is 579 g/mol. The fourth-order valence-corrected chi connectivity index (χ4v) is 5.40. The van der Waals surface area contributed by atoms with Gasteiger partial charge in [-0.15, -0.1) is 0 Å². The van der Waals surface area contributed by atoms with Gasteiger partial charge in [0.2, 0.25) is 0 Å². The van der Waals surface area contributed by atoms with E-state index in [1.807, 2.05) is 44.2 Å². The molecule has 1 heterocycles. The maximum absolute atomic E-state index is 12.4. The SMILES string of the molecule is Cc1ccc(S(=O)(=O)Cl)cc1.Cc1ccc(S(=O)(=O)OC[C@H]2CCCN2C(=O)OCc2ccccc2)cc1. The van der Waals surface area contributed by atoms with Crippen LogP contribution in [-0.4, -0.2) is 47.0 Å². The molecule has 0 bridgehead atoms. The molecule has 1 saturated heterocycles. The minimum atomic E-state index is -3.85. The normalized spacial score (nSPS) is 15.4.